The van der Waals surface area contributed by atoms with Gasteiger partial charge < -0.3 is 20.6 Å². The molecule has 1 aliphatic carbocycles. The maximum Gasteiger partial charge on any atom is 0.255 e. The number of amides is 1. The van der Waals surface area contributed by atoms with E-state index in [2.05, 4.69) is 25.9 Å². The molecule has 0 aliphatic heterocycles. The maximum absolute atomic E-state index is 13.4. The van der Waals surface area contributed by atoms with E-state index in [1.54, 1.807) is 12.4 Å². The van der Waals surface area contributed by atoms with Crippen molar-refractivity contribution in [1.82, 2.24) is 20.1 Å². The second-order valence-electron chi connectivity index (χ2n) is 8.53. The Kier molecular flexibility index (Phi) is 7.30. The van der Waals surface area contributed by atoms with E-state index in [0.717, 1.165) is 59.4 Å². The van der Waals surface area contributed by atoms with Crippen molar-refractivity contribution >= 4 is 28.3 Å². The van der Waals surface area contributed by atoms with Gasteiger partial charge >= 0.3 is 0 Å². The molecule has 1 amide bonds. The number of ether oxygens (including phenoxy) is 1. The third-order valence-corrected chi connectivity index (χ3v) is 6.30. The summed E-state index contributed by atoms with van der Waals surface area (Å²) in [6.07, 6.45) is 6.51. The normalized spacial score (nSPS) is 16.8. The SMILES string of the molecule is CCOc1ccc(C(C)NC(=O)c2cnc3c(cnn3CC)c2NC2CCC(=NO)CC2)cc1. The van der Waals surface area contributed by atoms with Crippen molar-refractivity contribution in [2.24, 2.45) is 5.16 Å². The number of nitrogens with one attached hydrogen (secondary N) is 2. The molecule has 2 aromatic heterocycles. The summed E-state index contributed by atoms with van der Waals surface area (Å²) in [6.45, 7) is 7.22. The number of rotatable bonds is 8. The summed E-state index contributed by atoms with van der Waals surface area (Å²) in [4.78, 5) is 17.9. The fraction of sp³-hybridized carbons (Fsp3) is 0.440. The third-order valence-electron chi connectivity index (χ3n) is 6.30. The van der Waals surface area contributed by atoms with E-state index >= 15 is 0 Å². The van der Waals surface area contributed by atoms with Gasteiger partial charge in [-0.2, -0.15) is 5.10 Å². The summed E-state index contributed by atoms with van der Waals surface area (Å²) in [5.41, 5.74) is 3.79. The first-order valence-corrected chi connectivity index (χ1v) is 11.9. The van der Waals surface area contributed by atoms with Crippen LogP contribution in [0.25, 0.3) is 11.0 Å². The lowest BCUT2D eigenvalue weighted by Crippen LogP contribution is -2.30. The van der Waals surface area contributed by atoms with Crippen LogP contribution in [0.2, 0.25) is 0 Å². The molecule has 4 rings (SSSR count). The van der Waals surface area contributed by atoms with Gasteiger partial charge in [-0.05, 0) is 64.2 Å². The Balaban J connectivity index is 1.59. The molecule has 1 unspecified atom stereocenters. The van der Waals surface area contributed by atoms with Crippen molar-refractivity contribution < 1.29 is 14.7 Å². The van der Waals surface area contributed by atoms with Crippen molar-refractivity contribution in [2.45, 2.75) is 65.1 Å². The van der Waals surface area contributed by atoms with E-state index in [0.29, 0.717) is 18.7 Å². The van der Waals surface area contributed by atoms with Gasteiger partial charge in [0.15, 0.2) is 5.65 Å². The second-order valence-corrected chi connectivity index (χ2v) is 8.53. The van der Waals surface area contributed by atoms with Crippen LogP contribution in [0.4, 0.5) is 5.69 Å². The summed E-state index contributed by atoms with van der Waals surface area (Å²) in [5.74, 6) is 0.608. The fourth-order valence-corrected chi connectivity index (χ4v) is 4.36. The van der Waals surface area contributed by atoms with Crippen LogP contribution in [0.5, 0.6) is 5.75 Å². The van der Waals surface area contributed by atoms with Crippen LogP contribution in [-0.4, -0.2) is 44.2 Å². The first-order valence-electron chi connectivity index (χ1n) is 11.9. The molecule has 1 atom stereocenters. The molecule has 0 spiro atoms. The van der Waals surface area contributed by atoms with Crippen molar-refractivity contribution in [3.63, 3.8) is 0 Å². The standard InChI is InChI=1S/C25H32N6O3/c1-4-31-24-21(15-27-31)23(29-18-8-10-19(30-33)11-9-18)22(14-26-24)25(32)28-16(3)17-6-12-20(13-7-17)34-5-2/h6-7,12-16,18,33H,4-5,8-11H2,1-3H3,(H,26,29)(H,28,32). The number of fused-ring (bicyclic) bond motifs is 1. The number of oxime groups is 1. The number of nitrogens with zero attached hydrogens (tertiary/aromatic N) is 4. The number of aromatic nitrogens is 3. The molecule has 0 radical (unpaired) electrons. The van der Waals surface area contributed by atoms with Gasteiger partial charge in [-0.1, -0.05) is 17.3 Å². The molecule has 34 heavy (non-hydrogen) atoms. The molecular weight excluding hydrogens is 432 g/mol. The van der Waals surface area contributed by atoms with Gasteiger partial charge in [-0.15, -0.1) is 0 Å². The van der Waals surface area contributed by atoms with Gasteiger partial charge in [0, 0.05) is 18.8 Å². The average Bonchev–Trinajstić information content (AvgIpc) is 3.29. The second kappa shape index (κ2) is 10.5. The number of carbonyl (C=O) groups excluding carboxylic acids is 1. The largest absolute Gasteiger partial charge is 0.494 e. The Morgan fingerprint density at radius 1 is 1.24 bits per heavy atom. The minimum atomic E-state index is -0.198. The zero-order chi connectivity index (χ0) is 24.1. The summed E-state index contributed by atoms with van der Waals surface area (Å²) in [5, 5.41) is 24.4. The van der Waals surface area contributed by atoms with Crippen molar-refractivity contribution in [3.8, 4) is 5.75 Å². The molecule has 9 nitrogen and oxygen atoms in total. The van der Waals surface area contributed by atoms with Gasteiger partial charge in [0.05, 0.1) is 41.2 Å². The molecule has 2 heterocycles. The van der Waals surface area contributed by atoms with E-state index in [4.69, 9.17) is 9.94 Å². The molecule has 3 aromatic rings. The first-order chi connectivity index (χ1) is 16.5. The molecular formula is C25H32N6O3. The number of aryl methyl sites for hydroxylation is 1. The predicted octanol–water partition coefficient (Wildman–Crippen LogP) is 4.53. The summed E-state index contributed by atoms with van der Waals surface area (Å²) in [6, 6.07) is 7.72. The van der Waals surface area contributed by atoms with E-state index < -0.39 is 0 Å². The van der Waals surface area contributed by atoms with Gasteiger partial charge in [0.1, 0.15) is 5.75 Å². The minimum absolute atomic E-state index is 0.163. The smallest absolute Gasteiger partial charge is 0.255 e. The number of benzene rings is 1. The Morgan fingerprint density at radius 2 is 1.97 bits per heavy atom. The van der Waals surface area contributed by atoms with Crippen LogP contribution < -0.4 is 15.4 Å². The van der Waals surface area contributed by atoms with Crippen LogP contribution in [0, 0.1) is 0 Å². The minimum Gasteiger partial charge on any atom is -0.494 e. The molecule has 1 fully saturated rings. The first kappa shape index (κ1) is 23.5. The lowest BCUT2D eigenvalue weighted by atomic mass is 9.93. The van der Waals surface area contributed by atoms with E-state index in [9.17, 15) is 4.79 Å². The summed E-state index contributed by atoms with van der Waals surface area (Å²) in [7, 11) is 0. The zero-order valence-electron chi connectivity index (χ0n) is 19.9. The highest BCUT2D eigenvalue weighted by atomic mass is 16.5. The summed E-state index contributed by atoms with van der Waals surface area (Å²) >= 11 is 0. The maximum atomic E-state index is 13.4. The number of carbonyl (C=O) groups is 1. The number of pyridine rings is 1. The van der Waals surface area contributed by atoms with Gasteiger partial charge in [0.2, 0.25) is 0 Å². The Hall–Kier alpha value is -3.62. The predicted molar refractivity (Wildman–Crippen MR) is 132 cm³/mol. The van der Waals surface area contributed by atoms with E-state index in [-0.39, 0.29) is 18.0 Å². The molecule has 0 bridgehead atoms. The van der Waals surface area contributed by atoms with Crippen LogP contribution >= 0.6 is 0 Å². The number of hydrogen-bond donors (Lipinski definition) is 3. The van der Waals surface area contributed by atoms with Crippen LogP contribution in [0.15, 0.2) is 41.8 Å². The molecule has 1 aliphatic rings. The van der Waals surface area contributed by atoms with Crippen LogP contribution in [0.1, 0.15) is 68.4 Å². The highest BCUT2D eigenvalue weighted by Gasteiger charge is 2.24. The molecule has 9 heteroatoms. The zero-order valence-corrected chi connectivity index (χ0v) is 19.9. The molecule has 0 saturated heterocycles. The Labute approximate surface area is 199 Å². The van der Waals surface area contributed by atoms with Crippen LogP contribution in [-0.2, 0) is 6.54 Å². The topological polar surface area (TPSA) is 114 Å². The molecule has 1 saturated carbocycles. The van der Waals surface area contributed by atoms with Crippen molar-refractivity contribution in [1.29, 1.82) is 0 Å². The molecule has 1 aromatic carbocycles. The lowest BCUT2D eigenvalue weighted by Gasteiger charge is -2.26. The summed E-state index contributed by atoms with van der Waals surface area (Å²) < 4.78 is 7.33. The third kappa shape index (κ3) is 4.98. The van der Waals surface area contributed by atoms with Gasteiger partial charge in [-0.25, -0.2) is 9.67 Å². The highest BCUT2D eigenvalue weighted by molar-refractivity contribution is 6.06. The fourth-order valence-electron chi connectivity index (χ4n) is 4.36. The van der Waals surface area contributed by atoms with Gasteiger partial charge in [0.25, 0.3) is 5.91 Å². The van der Waals surface area contributed by atoms with Gasteiger partial charge in [-0.3, -0.25) is 4.79 Å². The highest BCUT2D eigenvalue weighted by Crippen LogP contribution is 2.30. The van der Waals surface area contributed by atoms with E-state index in [1.165, 1.54) is 0 Å². The Bertz CT molecular complexity index is 1160. The lowest BCUT2D eigenvalue weighted by molar-refractivity contribution is 0.0940. The number of anilines is 1. The Morgan fingerprint density at radius 3 is 2.62 bits per heavy atom. The number of hydrogen-bond acceptors (Lipinski definition) is 7. The van der Waals surface area contributed by atoms with E-state index in [1.807, 2.05) is 49.7 Å². The molecule has 3 N–H and O–H groups in total. The van der Waals surface area contributed by atoms with Crippen molar-refractivity contribution in [3.05, 3.63) is 47.8 Å². The molecule has 180 valence electrons. The monoisotopic (exact) mass is 464 g/mol. The average molecular weight is 465 g/mol. The van der Waals surface area contributed by atoms with Crippen LogP contribution in [0.3, 0.4) is 0 Å². The van der Waals surface area contributed by atoms with Crippen molar-refractivity contribution in [2.75, 3.05) is 11.9 Å². The quantitative estimate of drug-likeness (QED) is 0.333.